The number of aromatic amines is 1. The zero-order valence-electron chi connectivity index (χ0n) is 9.90. The molecular formula is C14H18N2. The smallest absolute Gasteiger partial charge is 0.109 e. The Bertz CT molecular complexity index is 431. The van der Waals surface area contributed by atoms with Gasteiger partial charge < -0.3 is 4.98 Å². The summed E-state index contributed by atoms with van der Waals surface area (Å²) >= 11 is 0. The highest BCUT2D eigenvalue weighted by molar-refractivity contribution is 5.58. The van der Waals surface area contributed by atoms with Gasteiger partial charge in [0.05, 0.1) is 11.9 Å². The molecule has 0 aliphatic carbocycles. The molecule has 0 aliphatic rings. The molecule has 0 amide bonds. The van der Waals surface area contributed by atoms with Crippen LogP contribution in [0.3, 0.4) is 0 Å². The predicted molar refractivity (Wildman–Crippen MR) is 67.3 cm³/mol. The van der Waals surface area contributed by atoms with Crippen LogP contribution in [0.2, 0.25) is 0 Å². The van der Waals surface area contributed by atoms with Crippen LogP contribution in [0.1, 0.15) is 38.4 Å². The van der Waals surface area contributed by atoms with E-state index in [1.807, 2.05) is 24.4 Å². The van der Waals surface area contributed by atoms with Crippen molar-refractivity contribution in [2.75, 3.05) is 0 Å². The molecule has 1 aromatic carbocycles. The lowest BCUT2D eigenvalue weighted by molar-refractivity contribution is 0.634. The average Bonchev–Trinajstić information content (AvgIpc) is 2.80. The molecule has 84 valence electrons. The Morgan fingerprint density at radius 3 is 2.69 bits per heavy atom. The van der Waals surface area contributed by atoms with Crippen molar-refractivity contribution >= 4 is 0 Å². The molecule has 1 aromatic heterocycles. The van der Waals surface area contributed by atoms with Gasteiger partial charge in [-0.2, -0.15) is 0 Å². The Kier molecular flexibility index (Phi) is 3.40. The number of nitrogens with one attached hydrogen (secondary N) is 1. The van der Waals surface area contributed by atoms with Gasteiger partial charge in [-0.25, -0.2) is 4.98 Å². The second-order valence-electron chi connectivity index (χ2n) is 4.24. The minimum Gasteiger partial charge on any atom is -0.342 e. The maximum atomic E-state index is 4.46. The first-order chi connectivity index (χ1) is 7.81. The van der Waals surface area contributed by atoms with Crippen molar-refractivity contribution in [2.24, 2.45) is 0 Å². The summed E-state index contributed by atoms with van der Waals surface area (Å²) in [5.74, 6) is 1.61. The molecule has 0 fully saturated rings. The number of rotatable bonds is 4. The third kappa shape index (κ3) is 2.32. The standard InChI is InChI=1S/C14H18N2/c1-3-7-11(2)14-15-10-13(16-14)12-8-5-4-6-9-12/h4-6,8-11H,3,7H2,1-2H3,(H,15,16)/t11-/m0/s1. The molecule has 1 heterocycles. The fourth-order valence-corrected chi connectivity index (χ4v) is 1.92. The van der Waals surface area contributed by atoms with Crippen molar-refractivity contribution in [3.8, 4) is 11.3 Å². The van der Waals surface area contributed by atoms with E-state index < -0.39 is 0 Å². The highest BCUT2D eigenvalue weighted by atomic mass is 14.9. The first kappa shape index (κ1) is 10.9. The fourth-order valence-electron chi connectivity index (χ4n) is 1.92. The normalized spacial score (nSPS) is 12.6. The number of imidazole rings is 1. The quantitative estimate of drug-likeness (QED) is 0.819. The summed E-state index contributed by atoms with van der Waals surface area (Å²) in [5, 5.41) is 0. The van der Waals surface area contributed by atoms with Crippen LogP contribution >= 0.6 is 0 Å². The molecule has 2 nitrogen and oxygen atoms in total. The molecule has 2 rings (SSSR count). The summed E-state index contributed by atoms with van der Waals surface area (Å²) in [6.07, 6.45) is 4.31. The largest absolute Gasteiger partial charge is 0.342 e. The van der Waals surface area contributed by atoms with Gasteiger partial charge in [-0.3, -0.25) is 0 Å². The molecule has 2 heteroatoms. The van der Waals surface area contributed by atoms with Crippen LogP contribution in [0.15, 0.2) is 36.5 Å². The van der Waals surface area contributed by atoms with Crippen LogP contribution in [-0.4, -0.2) is 9.97 Å². The van der Waals surface area contributed by atoms with Gasteiger partial charge >= 0.3 is 0 Å². The zero-order chi connectivity index (χ0) is 11.4. The van der Waals surface area contributed by atoms with Crippen molar-refractivity contribution in [3.05, 3.63) is 42.4 Å². The van der Waals surface area contributed by atoms with Gasteiger partial charge in [0.15, 0.2) is 0 Å². The van der Waals surface area contributed by atoms with Crippen molar-refractivity contribution in [2.45, 2.75) is 32.6 Å². The monoisotopic (exact) mass is 214 g/mol. The topological polar surface area (TPSA) is 28.7 Å². The maximum absolute atomic E-state index is 4.46. The minimum atomic E-state index is 0.516. The number of nitrogens with zero attached hydrogens (tertiary/aromatic N) is 1. The molecular weight excluding hydrogens is 196 g/mol. The number of aromatic nitrogens is 2. The summed E-state index contributed by atoms with van der Waals surface area (Å²) in [7, 11) is 0. The third-order valence-electron chi connectivity index (χ3n) is 2.87. The van der Waals surface area contributed by atoms with E-state index in [0.717, 1.165) is 11.5 Å². The molecule has 0 spiro atoms. The van der Waals surface area contributed by atoms with E-state index in [4.69, 9.17) is 0 Å². The van der Waals surface area contributed by atoms with Crippen LogP contribution < -0.4 is 0 Å². The Hall–Kier alpha value is -1.57. The molecule has 0 saturated heterocycles. The van der Waals surface area contributed by atoms with E-state index in [1.54, 1.807) is 0 Å². The summed E-state index contributed by atoms with van der Waals surface area (Å²) in [4.78, 5) is 7.86. The van der Waals surface area contributed by atoms with Gasteiger partial charge in [-0.05, 0) is 12.0 Å². The molecule has 0 radical (unpaired) electrons. The summed E-state index contributed by atoms with van der Waals surface area (Å²) in [5.41, 5.74) is 2.31. The molecule has 0 unspecified atom stereocenters. The molecule has 16 heavy (non-hydrogen) atoms. The molecule has 1 N–H and O–H groups in total. The van der Waals surface area contributed by atoms with Crippen LogP contribution in [0, 0.1) is 0 Å². The van der Waals surface area contributed by atoms with E-state index in [2.05, 4.69) is 35.9 Å². The van der Waals surface area contributed by atoms with Crippen molar-refractivity contribution in [3.63, 3.8) is 0 Å². The Balaban J connectivity index is 2.20. The second kappa shape index (κ2) is 4.97. The predicted octanol–water partition coefficient (Wildman–Crippen LogP) is 3.98. The van der Waals surface area contributed by atoms with E-state index in [1.165, 1.54) is 18.4 Å². The molecule has 0 aliphatic heterocycles. The molecule has 1 atom stereocenters. The summed E-state index contributed by atoms with van der Waals surface area (Å²) in [6, 6.07) is 10.3. The number of H-pyrrole nitrogens is 1. The van der Waals surface area contributed by atoms with Gasteiger partial charge in [0.25, 0.3) is 0 Å². The second-order valence-corrected chi connectivity index (χ2v) is 4.24. The Labute approximate surface area is 96.7 Å². The molecule has 0 bridgehead atoms. The third-order valence-corrected chi connectivity index (χ3v) is 2.87. The van der Waals surface area contributed by atoms with Gasteiger partial charge in [0.2, 0.25) is 0 Å². The first-order valence-electron chi connectivity index (χ1n) is 5.91. The highest BCUT2D eigenvalue weighted by Gasteiger charge is 2.09. The van der Waals surface area contributed by atoms with Crippen molar-refractivity contribution < 1.29 is 0 Å². The van der Waals surface area contributed by atoms with Crippen LogP contribution in [0.5, 0.6) is 0 Å². The van der Waals surface area contributed by atoms with Gasteiger partial charge in [0.1, 0.15) is 5.82 Å². The lowest BCUT2D eigenvalue weighted by Crippen LogP contribution is -1.95. The fraction of sp³-hybridized carbons (Fsp3) is 0.357. The Morgan fingerprint density at radius 1 is 1.25 bits per heavy atom. The lowest BCUT2D eigenvalue weighted by atomic mass is 10.1. The SMILES string of the molecule is CCC[C@H](C)c1ncc(-c2ccccc2)[nH]1. The lowest BCUT2D eigenvalue weighted by Gasteiger charge is -2.05. The Morgan fingerprint density at radius 2 is 2.00 bits per heavy atom. The molecule has 2 aromatic rings. The van der Waals surface area contributed by atoms with Gasteiger partial charge in [0, 0.05) is 5.92 Å². The van der Waals surface area contributed by atoms with Crippen LogP contribution in [0.25, 0.3) is 11.3 Å². The first-order valence-corrected chi connectivity index (χ1v) is 5.91. The van der Waals surface area contributed by atoms with E-state index in [0.29, 0.717) is 5.92 Å². The van der Waals surface area contributed by atoms with E-state index in [9.17, 15) is 0 Å². The van der Waals surface area contributed by atoms with Crippen LogP contribution in [0.4, 0.5) is 0 Å². The average molecular weight is 214 g/mol. The number of benzene rings is 1. The maximum Gasteiger partial charge on any atom is 0.109 e. The van der Waals surface area contributed by atoms with E-state index >= 15 is 0 Å². The number of hydrogen-bond donors (Lipinski definition) is 1. The molecule has 0 saturated carbocycles. The zero-order valence-corrected chi connectivity index (χ0v) is 9.90. The highest BCUT2D eigenvalue weighted by Crippen LogP contribution is 2.22. The van der Waals surface area contributed by atoms with Crippen LogP contribution in [-0.2, 0) is 0 Å². The van der Waals surface area contributed by atoms with Gasteiger partial charge in [-0.15, -0.1) is 0 Å². The van der Waals surface area contributed by atoms with Crippen molar-refractivity contribution in [1.29, 1.82) is 0 Å². The summed E-state index contributed by atoms with van der Waals surface area (Å²) in [6.45, 7) is 4.43. The van der Waals surface area contributed by atoms with Gasteiger partial charge in [-0.1, -0.05) is 50.6 Å². The van der Waals surface area contributed by atoms with Crippen molar-refractivity contribution in [1.82, 2.24) is 9.97 Å². The van der Waals surface area contributed by atoms with E-state index in [-0.39, 0.29) is 0 Å². The summed E-state index contributed by atoms with van der Waals surface area (Å²) < 4.78 is 0. The number of hydrogen-bond acceptors (Lipinski definition) is 1. The minimum absolute atomic E-state index is 0.516.